The Bertz CT molecular complexity index is 4500. The molecular weight excluding hydrogens is 1960 g/mol. The maximum Gasteiger partial charge on any atom is 0.245 e. The van der Waals surface area contributed by atoms with Gasteiger partial charge in [-0.25, -0.2) is 0 Å². The van der Waals surface area contributed by atoms with Crippen molar-refractivity contribution in [1.29, 1.82) is 27.0 Å². The first-order valence-electron chi connectivity index (χ1n) is 46.1. The van der Waals surface area contributed by atoms with E-state index < -0.39 is 304 Å². The van der Waals surface area contributed by atoms with E-state index in [-0.39, 0.29) is 123 Å². The van der Waals surface area contributed by atoms with E-state index in [4.69, 9.17) is 55.7 Å². The summed E-state index contributed by atoms with van der Waals surface area (Å²) in [6.45, 7) is 9.07. The van der Waals surface area contributed by atoms with Gasteiger partial charge in [-0.05, 0) is 101 Å². The Balaban J connectivity index is 1.87. The van der Waals surface area contributed by atoms with Crippen LogP contribution in [0.2, 0.25) is 0 Å². The molecule has 0 spiro atoms. The number of fused-ring (bicyclic) bond motifs is 15. The number of aliphatic hydroxyl groups excluding tert-OH is 1. The van der Waals surface area contributed by atoms with Gasteiger partial charge in [0.1, 0.15) is 96.7 Å². The smallest absolute Gasteiger partial charge is 0.245 e. The number of hydrogen-bond acceptors (Lipinski definition) is 30. The zero-order chi connectivity index (χ0) is 105. The van der Waals surface area contributed by atoms with Gasteiger partial charge in [0.25, 0.3) is 0 Å². The monoisotopic (exact) mass is 2090 g/mol. The van der Waals surface area contributed by atoms with Crippen molar-refractivity contribution in [1.82, 2.24) is 122 Å². The van der Waals surface area contributed by atoms with Gasteiger partial charge in [0.05, 0.1) is 19.2 Å². The largest absolute Gasteiger partial charge is 0.391 e. The van der Waals surface area contributed by atoms with Gasteiger partial charge >= 0.3 is 0 Å². The predicted octanol–water partition coefficient (Wildman–Crippen LogP) is -8.75. The van der Waals surface area contributed by atoms with E-state index >= 15 is 57.5 Å². The normalized spacial score (nSPS) is 26.1. The lowest BCUT2D eigenvalue weighted by Crippen LogP contribution is -2.63. The summed E-state index contributed by atoms with van der Waals surface area (Å²) in [5, 5.41) is 111. The van der Waals surface area contributed by atoms with Crippen molar-refractivity contribution in [2.45, 2.75) is 241 Å². The summed E-state index contributed by atoms with van der Waals surface area (Å²) in [7, 11) is 4.85. The number of benzene rings is 1. The van der Waals surface area contributed by atoms with Gasteiger partial charge in [0.15, 0.2) is 29.8 Å². The Kier molecular flexibility index (Phi) is 53.5. The lowest BCUT2D eigenvalue weighted by atomic mass is 9.97. The SMILES string of the molecule is CC[C@H](C)[C@@H]1NC(=O)CNC(=O)[C@H](CCCNC(=N)N)NC(=O)[C@H](CCCNC(=N)N)NC(=O)[C@@H]2CSSC[C@H](NC1=O)C(=O)N[C@@H](CCCNC(=N)N)C(=O)N[C@H]1CSSC[C@H](NC(=O)[C@H](CCCNC(=N)N)NC(=O)[C@@H]3CSSC[C@H](NC(=O)[C@H]([C@@H](C)CC)NC1=O)C(=O)N[C@@H]([C@@H](C)O)C(=O)N[C@@H](CCCNC(=N)N)C(=O)NCC(=O)N[C@@H](Cc1ccccc1)C(=O)N3)C(=O)N[C@@H](CC(C)C)C(=O)N2. The average molecular weight is 2100 g/mol. The summed E-state index contributed by atoms with van der Waals surface area (Å²) in [6, 6.07) is -18.8. The van der Waals surface area contributed by atoms with Crippen molar-refractivity contribution in [3.05, 3.63) is 35.9 Å². The lowest BCUT2D eigenvalue weighted by molar-refractivity contribution is -0.137. The van der Waals surface area contributed by atoms with Crippen molar-refractivity contribution < 1.29 is 91.4 Å². The first-order valence-corrected chi connectivity index (χ1v) is 53.6. The molecule has 1 aromatic rings. The molecule has 6 bridgehead atoms. The van der Waals surface area contributed by atoms with Gasteiger partial charge in [-0.15, -0.1) is 0 Å². The highest BCUT2D eigenvalue weighted by Gasteiger charge is 2.42. The fourth-order valence-corrected chi connectivity index (χ4v) is 21.1. The Labute approximate surface area is 840 Å². The number of nitrogens with two attached hydrogens (primary N) is 5. The van der Waals surface area contributed by atoms with Crippen molar-refractivity contribution in [3.63, 3.8) is 0 Å². The molecule has 0 unspecified atom stereocenters. The second kappa shape index (κ2) is 63.1. The number of amides is 18. The van der Waals surface area contributed by atoms with Crippen LogP contribution in [0.25, 0.3) is 0 Å². The second-order valence-electron chi connectivity index (χ2n) is 34.3. The summed E-state index contributed by atoms with van der Waals surface area (Å²) >= 11 is 0. The fourth-order valence-electron chi connectivity index (χ4n) is 14.1. The third-order valence-corrected chi connectivity index (χ3v) is 29.6. The van der Waals surface area contributed by atoms with Crippen LogP contribution in [0, 0.1) is 44.8 Å². The zero-order valence-electron chi connectivity index (χ0n) is 79.7. The van der Waals surface area contributed by atoms with Crippen LogP contribution >= 0.6 is 64.8 Å². The average Bonchev–Trinajstić information content (AvgIpc) is 0.833. The Hall–Kier alpha value is -11.9. The van der Waals surface area contributed by atoms with E-state index in [0.717, 1.165) is 71.7 Å². The van der Waals surface area contributed by atoms with Crippen molar-refractivity contribution in [2.75, 3.05) is 80.3 Å². The number of carbonyl (C=O) groups excluding carboxylic acids is 18. The molecule has 5 rings (SSSR count). The van der Waals surface area contributed by atoms with Crippen LogP contribution in [0.4, 0.5) is 0 Å². The maximum atomic E-state index is 15.7. The first kappa shape index (κ1) is 120. The lowest BCUT2D eigenvalue weighted by Gasteiger charge is -2.31. The molecule has 4 saturated heterocycles. The second-order valence-corrected chi connectivity index (χ2v) is 41.9. The third kappa shape index (κ3) is 44.4. The van der Waals surface area contributed by atoms with Crippen molar-refractivity contribution in [3.8, 4) is 0 Å². The highest BCUT2D eigenvalue weighted by atomic mass is 33.1. The van der Waals surface area contributed by atoms with Gasteiger partial charge in [-0.2, -0.15) is 0 Å². The summed E-state index contributed by atoms with van der Waals surface area (Å²) in [5.74, 6) is -26.3. The van der Waals surface area contributed by atoms with E-state index in [1.807, 2.05) is 0 Å². The molecule has 4 aliphatic rings. The van der Waals surface area contributed by atoms with Gasteiger partial charge in [0.2, 0.25) is 106 Å². The van der Waals surface area contributed by atoms with Crippen LogP contribution in [-0.2, 0) is 92.7 Å². The first-order chi connectivity index (χ1) is 66.9. The number of nitrogens with one attached hydrogen (secondary N) is 28. The molecule has 58 heteroatoms. The highest BCUT2D eigenvalue weighted by Crippen LogP contribution is 2.28. The highest BCUT2D eigenvalue weighted by molar-refractivity contribution is 8.77. The molecule has 52 nitrogen and oxygen atoms in total. The van der Waals surface area contributed by atoms with Gasteiger partial charge in [0, 0.05) is 73.7 Å². The Morgan fingerprint density at radius 2 is 0.567 bits per heavy atom. The summed E-state index contributed by atoms with van der Waals surface area (Å²) < 4.78 is 0. The van der Waals surface area contributed by atoms with Crippen LogP contribution < -0.4 is 151 Å². The third-order valence-electron chi connectivity index (χ3n) is 22.3. The van der Waals surface area contributed by atoms with E-state index in [9.17, 15) is 33.9 Å². The minimum absolute atomic E-state index is 0.00719. The van der Waals surface area contributed by atoms with Crippen LogP contribution in [0.5, 0.6) is 0 Å². The predicted molar refractivity (Wildman–Crippen MR) is 538 cm³/mol. The van der Waals surface area contributed by atoms with Crippen molar-refractivity contribution in [2.24, 2.45) is 46.4 Å². The molecular formula is C83H139N33O19S6. The van der Waals surface area contributed by atoms with Crippen LogP contribution in [0.1, 0.15) is 138 Å². The Morgan fingerprint density at radius 1 is 0.319 bits per heavy atom. The summed E-state index contributed by atoms with van der Waals surface area (Å²) in [4.78, 5) is 272. The maximum absolute atomic E-state index is 15.7. The zero-order valence-corrected chi connectivity index (χ0v) is 84.6. The van der Waals surface area contributed by atoms with E-state index in [2.05, 4.69) is 122 Å². The fraction of sp³-hybridized carbons (Fsp3) is 0.651. The van der Waals surface area contributed by atoms with Crippen LogP contribution in [-0.4, -0.2) is 324 Å². The standard InChI is InChI=1S/C83H139N33O19S6/c1-8-41(5)60-76(133)112-55-37-139-136-34-52(70(127)103-47(22-15-27-96-81(88)89)65(122)102-45(20-13-25-94-79(84)85)63(120)100-33-59(119)114-60)110-68(125)50(30-40(3)4)107-73(130)54-36-138-140-38-56(109-67(124)49(105-72(55)129)24-17-29-98-83(92)93)74(131)115-61(42(6)9-2)77(134)113-57-39-141-137-35-53(71(128)104-48(66(123)108-54)23-16-28-97-82(90)91)111-69(126)51(31-44-18-11-10-12-19-44)101-58(118)32-99-64(121)46(21-14-26-95-80(86)87)106-78(135)62(43(7)117)116-75(57)132/h10-12,18-19,40-43,45-57,60-62,117H,8-9,13-17,20-39H2,1-7H3,(H,99,121)(H,100,120)(H,101,118)(H,102,122)(H,103,127)(H,104,128)(H,105,129)(H,106,135)(H,107,130)(H,108,123)(H,109,124)(H,110,125)(H,111,126)(H,112,133)(H,113,134)(H,114,119)(H,115,131)(H,116,132)(H4,84,85,94)(H4,86,87,95)(H4,88,89,96)(H4,90,91,97)(H4,92,93,98)/t41-,42-,43+,45-,46-,47-,48-,49-,50-,51-,52-,53-,54-,55-,56-,57-,60-,61-,62-/m0/s1. The van der Waals surface area contributed by atoms with Gasteiger partial charge in [-0.3, -0.25) is 113 Å². The van der Waals surface area contributed by atoms with Crippen LogP contribution in [0.3, 0.4) is 0 Å². The van der Waals surface area contributed by atoms with Gasteiger partial charge < -0.3 is 156 Å². The number of carbonyl (C=O) groups is 18. The molecule has 0 saturated carbocycles. The molecule has 19 atom stereocenters. The molecule has 4 fully saturated rings. The molecule has 141 heavy (non-hydrogen) atoms. The molecule has 4 heterocycles. The molecule has 18 amide bonds. The molecule has 1 aromatic carbocycles. The number of hydrogen-bond donors (Lipinski definition) is 34. The molecule has 0 aromatic heterocycles. The molecule has 39 N–H and O–H groups in total. The van der Waals surface area contributed by atoms with Crippen molar-refractivity contribution >= 4 is 201 Å². The molecule has 786 valence electrons. The number of rotatable bonds is 29. The van der Waals surface area contributed by atoms with Gasteiger partial charge in [-0.1, -0.05) is 149 Å². The quantitative estimate of drug-likeness (QED) is 0.0153. The van der Waals surface area contributed by atoms with E-state index in [0.29, 0.717) is 5.56 Å². The topological polar surface area (TPSA) is 854 Å². The minimum atomic E-state index is -1.94. The number of aliphatic hydroxyl groups is 1. The summed E-state index contributed by atoms with van der Waals surface area (Å²) in [5.41, 5.74) is 28.6. The molecule has 0 aliphatic carbocycles. The Morgan fingerprint density at radius 3 is 0.879 bits per heavy atom. The van der Waals surface area contributed by atoms with E-state index in [1.165, 1.54) is 0 Å². The summed E-state index contributed by atoms with van der Waals surface area (Å²) in [6.07, 6.45) is -3.34. The number of guanidine groups is 5. The van der Waals surface area contributed by atoms with E-state index in [1.54, 1.807) is 71.9 Å². The minimum Gasteiger partial charge on any atom is -0.391 e. The van der Waals surface area contributed by atoms with Crippen LogP contribution in [0.15, 0.2) is 30.3 Å². The molecule has 4 aliphatic heterocycles. The molecule has 0 radical (unpaired) electrons.